The van der Waals surface area contributed by atoms with Gasteiger partial charge in [-0.1, -0.05) is 5.16 Å². The monoisotopic (exact) mass is 328 g/mol. The van der Waals surface area contributed by atoms with Gasteiger partial charge in [0.2, 0.25) is 5.89 Å². The van der Waals surface area contributed by atoms with E-state index in [0.717, 1.165) is 43.2 Å². The molecule has 0 N–H and O–H groups in total. The lowest BCUT2D eigenvalue weighted by atomic mass is 9.96. The highest BCUT2D eigenvalue weighted by Crippen LogP contribution is 2.27. The van der Waals surface area contributed by atoms with E-state index in [0.29, 0.717) is 18.4 Å². The summed E-state index contributed by atoms with van der Waals surface area (Å²) in [5.74, 6) is 2.88. The van der Waals surface area contributed by atoms with Gasteiger partial charge in [-0.3, -0.25) is 4.90 Å². The molecule has 0 radical (unpaired) electrons. The Morgan fingerprint density at radius 2 is 2.04 bits per heavy atom. The van der Waals surface area contributed by atoms with Gasteiger partial charge in [-0.2, -0.15) is 9.50 Å². The third-order valence-electron chi connectivity index (χ3n) is 4.45. The van der Waals surface area contributed by atoms with Gasteiger partial charge in [-0.25, -0.2) is 0 Å². The second kappa shape index (κ2) is 6.16. The predicted molar refractivity (Wildman–Crippen MR) is 86.7 cm³/mol. The number of fused-ring (bicyclic) bond motifs is 1. The van der Waals surface area contributed by atoms with E-state index in [9.17, 15) is 0 Å². The lowest BCUT2D eigenvalue weighted by Crippen LogP contribution is -2.33. The summed E-state index contributed by atoms with van der Waals surface area (Å²) in [4.78, 5) is 8.39. The first kappa shape index (κ1) is 15.0. The lowest BCUT2D eigenvalue weighted by Gasteiger charge is -2.29. The van der Waals surface area contributed by atoms with Gasteiger partial charge in [0.15, 0.2) is 17.8 Å². The van der Waals surface area contributed by atoms with E-state index < -0.39 is 0 Å². The van der Waals surface area contributed by atoms with Crippen molar-refractivity contribution in [2.45, 2.75) is 25.3 Å². The zero-order chi connectivity index (χ0) is 16.5. The Morgan fingerprint density at radius 1 is 1.21 bits per heavy atom. The molecule has 126 valence electrons. The standard InChI is InChI=1S/C15H20N8O/c1-21(2)13-4-3-12-18-19-15(23(12)20-13)11-5-7-22(8-6-11)9-14-16-10-17-24-14/h3-4,10-11H,5-9H2,1-2H3. The third kappa shape index (κ3) is 2.82. The maximum atomic E-state index is 5.08. The quantitative estimate of drug-likeness (QED) is 0.699. The summed E-state index contributed by atoms with van der Waals surface area (Å²) in [6.45, 7) is 2.64. The minimum atomic E-state index is 0.365. The maximum absolute atomic E-state index is 5.08. The van der Waals surface area contributed by atoms with Crippen LogP contribution in [0.5, 0.6) is 0 Å². The van der Waals surface area contributed by atoms with Crippen molar-refractivity contribution in [3.63, 3.8) is 0 Å². The van der Waals surface area contributed by atoms with E-state index in [4.69, 9.17) is 4.52 Å². The zero-order valence-corrected chi connectivity index (χ0v) is 13.8. The zero-order valence-electron chi connectivity index (χ0n) is 13.8. The van der Waals surface area contributed by atoms with E-state index in [2.05, 4.69) is 30.3 Å². The lowest BCUT2D eigenvalue weighted by molar-refractivity contribution is 0.178. The molecule has 4 rings (SSSR count). The van der Waals surface area contributed by atoms with E-state index in [1.165, 1.54) is 6.33 Å². The van der Waals surface area contributed by atoms with Crippen LogP contribution in [0, 0.1) is 0 Å². The fourth-order valence-corrected chi connectivity index (χ4v) is 3.10. The van der Waals surface area contributed by atoms with Crippen molar-refractivity contribution < 1.29 is 4.52 Å². The fraction of sp³-hybridized carbons (Fsp3) is 0.533. The molecule has 3 aromatic heterocycles. The van der Waals surface area contributed by atoms with E-state index >= 15 is 0 Å². The number of piperidine rings is 1. The van der Waals surface area contributed by atoms with Crippen LogP contribution in [0.1, 0.15) is 30.5 Å². The molecule has 0 amide bonds. The molecule has 1 aliphatic rings. The average molecular weight is 328 g/mol. The highest BCUT2D eigenvalue weighted by atomic mass is 16.5. The van der Waals surface area contributed by atoms with Gasteiger partial charge in [-0.05, 0) is 38.1 Å². The van der Waals surface area contributed by atoms with Gasteiger partial charge in [-0.15, -0.1) is 15.3 Å². The second-order valence-corrected chi connectivity index (χ2v) is 6.30. The SMILES string of the molecule is CN(C)c1ccc2nnc(C3CCN(Cc4ncno4)CC3)n2n1. The van der Waals surface area contributed by atoms with Gasteiger partial charge >= 0.3 is 0 Å². The molecular weight excluding hydrogens is 308 g/mol. The molecule has 24 heavy (non-hydrogen) atoms. The number of anilines is 1. The van der Waals surface area contributed by atoms with Crippen LogP contribution in [0.3, 0.4) is 0 Å². The Kier molecular flexibility index (Phi) is 3.85. The highest BCUT2D eigenvalue weighted by Gasteiger charge is 2.26. The molecule has 1 aliphatic heterocycles. The number of hydrogen-bond donors (Lipinski definition) is 0. The summed E-state index contributed by atoms with van der Waals surface area (Å²) in [5.41, 5.74) is 0.795. The molecule has 0 atom stereocenters. The summed E-state index contributed by atoms with van der Waals surface area (Å²) in [6.07, 6.45) is 3.48. The molecule has 0 unspecified atom stereocenters. The van der Waals surface area contributed by atoms with Gasteiger partial charge < -0.3 is 9.42 Å². The van der Waals surface area contributed by atoms with Crippen LogP contribution in [0.4, 0.5) is 5.82 Å². The first-order chi connectivity index (χ1) is 11.7. The fourth-order valence-electron chi connectivity index (χ4n) is 3.10. The molecule has 3 aromatic rings. The molecule has 9 heteroatoms. The minimum absolute atomic E-state index is 0.365. The van der Waals surface area contributed by atoms with Gasteiger partial charge in [0, 0.05) is 20.0 Å². The largest absolute Gasteiger partial charge is 0.361 e. The minimum Gasteiger partial charge on any atom is -0.361 e. The summed E-state index contributed by atoms with van der Waals surface area (Å²) in [6, 6.07) is 3.92. The molecule has 0 aliphatic carbocycles. The maximum Gasteiger partial charge on any atom is 0.240 e. The Bertz CT molecular complexity index is 804. The van der Waals surface area contributed by atoms with E-state index in [1.807, 2.05) is 35.6 Å². The molecule has 0 saturated carbocycles. The second-order valence-electron chi connectivity index (χ2n) is 6.30. The number of likely N-dealkylation sites (tertiary alicyclic amines) is 1. The smallest absolute Gasteiger partial charge is 0.240 e. The molecule has 0 aromatic carbocycles. The van der Waals surface area contributed by atoms with Crippen molar-refractivity contribution in [1.29, 1.82) is 0 Å². The van der Waals surface area contributed by atoms with Crippen LogP contribution < -0.4 is 4.90 Å². The van der Waals surface area contributed by atoms with Gasteiger partial charge in [0.05, 0.1) is 6.54 Å². The van der Waals surface area contributed by atoms with Crippen LogP contribution in [0.15, 0.2) is 23.0 Å². The molecule has 1 saturated heterocycles. The number of nitrogens with zero attached hydrogens (tertiary/aromatic N) is 8. The van der Waals surface area contributed by atoms with Crippen molar-refractivity contribution in [2.24, 2.45) is 0 Å². The summed E-state index contributed by atoms with van der Waals surface area (Å²) < 4.78 is 6.97. The number of aromatic nitrogens is 6. The Morgan fingerprint density at radius 3 is 2.75 bits per heavy atom. The van der Waals surface area contributed by atoms with E-state index in [-0.39, 0.29) is 0 Å². The Hall–Kier alpha value is -2.55. The summed E-state index contributed by atoms with van der Waals surface area (Å²) >= 11 is 0. The Labute approximate surface area is 139 Å². The molecule has 1 fully saturated rings. The topological polar surface area (TPSA) is 88.5 Å². The van der Waals surface area contributed by atoms with Gasteiger partial charge in [0.25, 0.3) is 0 Å². The molecule has 9 nitrogen and oxygen atoms in total. The number of rotatable bonds is 4. The van der Waals surface area contributed by atoms with Gasteiger partial charge in [0.1, 0.15) is 5.82 Å². The molecule has 0 bridgehead atoms. The highest BCUT2D eigenvalue weighted by molar-refractivity contribution is 5.45. The summed E-state index contributed by atoms with van der Waals surface area (Å²) in [5, 5.41) is 17.0. The predicted octanol–water partition coefficient (Wildman–Crippen LogP) is 0.953. The Balaban J connectivity index is 1.49. The van der Waals surface area contributed by atoms with Crippen molar-refractivity contribution >= 4 is 11.5 Å². The molecular formula is C15H20N8O. The third-order valence-corrected chi connectivity index (χ3v) is 4.45. The first-order valence-corrected chi connectivity index (χ1v) is 8.08. The van der Waals surface area contributed by atoms with Crippen molar-refractivity contribution in [3.05, 3.63) is 30.2 Å². The van der Waals surface area contributed by atoms with E-state index in [1.54, 1.807) is 0 Å². The van der Waals surface area contributed by atoms with Crippen LogP contribution in [-0.4, -0.2) is 62.0 Å². The normalized spacial score (nSPS) is 16.8. The average Bonchev–Trinajstić information content (AvgIpc) is 3.24. The van der Waals surface area contributed by atoms with Crippen LogP contribution >= 0.6 is 0 Å². The number of hydrogen-bond acceptors (Lipinski definition) is 8. The van der Waals surface area contributed by atoms with Crippen LogP contribution in [0.2, 0.25) is 0 Å². The van der Waals surface area contributed by atoms with Crippen molar-refractivity contribution in [3.8, 4) is 0 Å². The van der Waals surface area contributed by atoms with Crippen molar-refractivity contribution in [2.75, 3.05) is 32.1 Å². The molecule has 0 spiro atoms. The van der Waals surface area contributed by atoms with Crippen molar-refractivity contribution in [1.82, 2.24) is 34.9 Å². The summed E-state index contributed by atoms with van der Waals surface area (Å²) in [7, 11) is 3.96. The van der Waals surface area contributed by atoms with Crippen LogP contribution in [0.25, 0.3) is 5.65 Å². The molecule has 4 heterocycles. The van der Waals surface area contributed by atoms with Crippen LogP contribution in [-0.2, 0) is 6.54 Å². The first-order valence-electron chi connectivity index (χ1n) is 8.08.